The molecule has 1 unspecified atom stereocenters. The number of ether oxygens (including phenoxy) is 1. The van der Waals surface area contributed by atoms with Crippen molar-refractivity contribution in [3.8, 4) is 11.5 Å². The summed E-state index contributed by atoms with van der Waals surface area (Å²) in [4.78, 5) is 37.9. The number of phenolic OH excluding ortho intramolecular Hbond substituents is 1. The summed E-state index contributed by atoms with van der Waals surface area (Å²) < 4.78 is 19.0. The van der Waals surface area contributed by atoms with E-state index in [0.717, 1.165) is 29.2 Å². The highest BCUT2D eigenvalue weighted by Crippen LogP contribution is 2.44. The molecule has 2 N–H and O–H groups in total. The third-order valence-corrected chi connectivity index (χ3v) is 5.48. The Balaban J connectivity index is 1.96. The number of carbonyl (C=O) groups is 2. The molecule has 9 nitrogen and oxygen atoms in total. The minimum absolute atomic E-state index is 0.0838. The van der Waals surface area contributed by atoms with Gasteiger partial charge in [0.15, 0.2) is 5.75 Å². The van der Waals surface area contributed by atoms with Gasteiger partial charge in [0.25, 0.3) is 11.7 Å². The molecule has 0 bridgehead atoms. The molecule has 0 spiro atoms. The molecule has 3 aromatic rings. The SMILES string of the molecule is CCOc1cccc(/C(O)=C2/C(=O)C(=O)N(c3ccc(F)cc3)C2c2ccc(O)c([N+](=O)[O-])c2)c1. The quantitative estimate of drug-likeness (QED) is 0.176. The molecule has 1 amide bonds. The predicted octanol–water partition coefficient (Wildman–Crippen LogP) is 4.46. The van der Waals surface area contributed by atoms with Crippen LogP contribution in [0, 0.1) is 15.9 Å². The molecule has 0 aromatic heterocycles. The fourth-order valence-corrected chi connectivity index (χ4v) is 3.93. The molecule has 0 radical (unpaired) electrons. The molecular weight excluding hydrogens is 459 g/mol. The average Bonchev–Trinajstić information content (AvgIpc) is 3.10. The van der Waals surface area contributed by atoms with Gasteiger partial charge in [0, 0.05) is 17.3 Å². The van der Waals surface area contributed by atoms with Gasteiger partial charge in [-0.25, -0.2) is 4.39 Å². The van der Waals surface area contributed by atoms with Crippen LogP contribution in [0.2, 0.25) is 0 Å². The van der Waals surface area contributed by atoms with E-state index in [2.05, 4.69) is 0 Å². The fraction of sp³-hybridized carbons (Fsp3) is 0.120. The number of carbonyl (C=O) groups excluding carboxylic acids is 2. The lowest BCUT2D eigenvalue weighted by molar-refractivity contribution is -0.385. The Labute approximate surface area is 198 Å². The van der Waals surface area contributed by atoms with Crippen molar-refractivity contribution in [3.63, 3.8) is 0 Å². The summed E-state index contributed by atoms with van der Waals surface area (Å²) in [6, 6.07) is 13.1. The number of halogens is 1. The van der Waals surface area contributed by atoms with Gasteiger partial charge in [-0.1, -0.05) is 18.2 Å². The highest BCUT2D eigenvalue weighted by Gasteiger charge is 2.47. The number of aliphatic hydroxyl groups is 1. The number of nitro benzene ring substituents is 1. The van der Waals surface area contributed by atoms with Crippen LogP contribution >= 0.6 is 0 Å². The van der Waals surface area contributed by atoms with Crippen molar-refractivity contribution in [1.29, 1.82) is 0 Å². The lowest BCUT2D eigenvalue weighted by atomic mass is 9.94. The molecule has 0 saturated carbocycles. The maximum atomic E-state index is 13.5. The number of Topliss-reactive ketones (excluding diaryl/α,β-unsaturated/α-hetero) is 1. The van der Waals surface area contributed by atoms with Crippen LogP contribution in [0.25, 0.3) is 5.76 Å². The molecule has 1 atom stereocenters. The van der Waals surface area contributed by atoms with Crippen LogP contribution in [-0.4, -0.2) is 33.4 Å². The first-order valence-electron chi connectivity index (χ1n) is 10.5. The number of hydrogen-bond donors (Lipinski definition) is 2. The Morgan fingerprint density at radius 1 is 1.11 bits per heavy atom. The average molecular weight is 478 g/mol. The zero-order valence-electron chi connectivity index (χ0n) is 18.3. The van der Waals surface area contributed by atoms with Gasteiger partial charge in [0.05, 0.1) is 23.1 Å². The van der Waals surface area contributed by atoms with Gasteiger partial charge in [0.2, 0.25) is 0 Å². The number of ketones is 1. The van der Waals surface area contributed by atoms with Crippen molar-refractivity contribution in [3.05, 3.63) is 99.4 Å². The maximum Gasteiger partial charge on any atom is 0.311 e. The van der Waals surface area contributed by atoms with Crippen LogP contribution in [0.4, 0.5) is 15.8 Å². The molecule has 1 saturated heterocycles. The van der Waals surface area contributed by atoms with E-state index in [0.29, 0.717) is 12.4 Å². The van der Waals surface area contributed by atoms with Gasteiger partial charge in [-0.05, 0) is 55.0 Å². The molecule has 1 heterocycles. The van der Waals surface area contributed by atoms with Crippen LogP contribution in [-0.2, 0) is 9.59 Å². The molecule has 1 aliphatic rings. The second kappa shape index (κ2) is 9.26. The summed E-state index contributed by atoms with van der Waals surface area (Å²) in [7, 11) is 0. The van der Waals surface area contributed by atoms with Crippen molar-refractivity contribution in [1.82, 2.24) is 0 Å². The molecule has 1 fully saturated rings. The normalized spacial score (nSPS) is 17.0. The van der Waals surface area contributed by atoms with Crippen LogP contribution in [0.15, 0.2) is 72.3 Å². The van der Waals surface area contributed by atoms with E-state index in [1.165, 1.54) is 30.3 Å². The summed E-state index contributed by atoms with van der Waals surface area (Å²) in [6.07, 6.45) is 0. The number of aromatic hydroxyl groups is 1. The first kappa shape index (κ1) is 23.4. The number of benzene rings is 3. The molecule has 35 heavy (non-hydrogen) atoms. The third-order valence-electron chi connectivity index (χ3n) is 5.48. The Morgan fingerprint density at radius 3 is 2.49 bits per heavy atom. The Morgan fingerprint density at radius 2 is 1.83 bits per heavy atom. The second-order valence-electron chi connectivity index (χ2n) is 7.61. The van der Waals surface area contributed by atoms with Gasteiger partial charge in [0.1, 0.15) is 17.3 Å². The van der Waals surface area contributed by atoms with Gasteiger partial charge < -0.3 is 14.9 Å². The van der Waals surface area contributed by atoms with E-state index in [1.54, 1.807) is 19.1 Å². The molecule has 1 aliphatic heterocycles. The monoisotopic (exact) mass is 478 g/mol. The largest absolute Gasteiger partial charge is 0.507 e. The summed E-state index contributed by atoms with van der Waals surface area (Å²) >= 11 is 0. The fourth-order valence-electron chi connectivity index (χ4n) is 3.93. The summed E-state index contributed by atoms with van der Waals surface area (Å²) in [5.41, 5.74) is -0.568. The van der Waals surface area contributed by atoms with E-state index in [-0.39, 0.29) is 22.4 Å². The van der Waals surface area contributed by atoms with Crippen LogP contribution in [0.3, 0.4) is 0 Å². The van der Waals surface area contributed by atoms with Gasteiger partial charge >= 0.3 is 5.69 Å². The van der Waals surface area contributed by atoms with E-state index in [4.69, 9.17) is 4.74 Å². The van der Waals surface area contributed by atoms with Crippen LogP contribution < -0.4 is 9.64 Å². The standard InChI is InChI=1S/C25H19FN2O7/c1-2-35-18-5-3-4-15(12-18)23(30)21-22(14-6-11-20(29)19(13-14)28(33)34)27(25(32)24(21)31)17-9-7-16(26)8-10-17/h3-13,22,29-30H,2H2,1H3/b23-21-. The van der Waals surface area contributed by atoms with Crippen molar-refractivity contribution in [2.24, 2.45) is 0 Å². The van der Waals surface area contributed by atoms with Crippen LogP contribution in [0.5, 0.6) is 11.5 Å². The number of rotatable bonds is 6. The summed E-state index contributed by atoms with van der Waals surface area (Å²) in [5, 5.41) is 32.5. The highest BCUT2D eigenvalue weighted by atomic mass is 19.1. The van der Waals surface area contributed by atoms with E-state index in [9.17, 15) is 34.3 Å². The van der Waals surface area contributed by atoms with Crippen LogP contribution in [0.1, 0.15) is 24.1 Å². The van der Waals surface area contributed by atoms with Gasteiger partial charge in [-0.3, -0.25) is 24.6 Å². The minimum atomic E-state index is -1.30. The number of aliphatic hydroxyl groups excluding tert-OH is 1. The lowest BCUT2D eigenvalue weighted by Gasteiger charge is -2.25. The Hall–Kier alpha value is -4.73. The molecule has 0 aliphatic carbocycles. The number of nitro groups is 1. The zero-order valence-corrected chi connectivity index (χ0v) is 18.3. The van der Waals surface area contributed by atoms with E-state index >= 15 is 0 Å². The lowest BCUT2D eigenvalue weighted by Crippen LogP contribution is -2.29. The van der Waals surface area contributed by atoms with Gasteiger partial charge in [-0.15, -0.1) is 0 Å². The van der Waals surface area contributed by atoms with E-state index < -0.39 is 45.7 Å². The topological polar surface area (TPSA) is 130 Å². The molecule has 178 valence electrons. The molecule has 10 heteroatoms. The number of phenols is 1. The summed E-state index contributed by atoms with van der Waals surface area (Å²) in [5.74, 6) is -3.33. The molecule has 3 aromatic carbocycles. The molecular formula is C25H19FN2O7. The first-order valence-corrected chi connectivity index (χ1v) is 10.5. The number of nitrogens with zero attached hydrogens (tertiary/aromatic N) is 2. The second-order valence-corrected chi connectivity index (χ2v) is 7.61. The van der Waals surface area contributed by atoms with Crippen molar-refractivity contribution < 1.29 is 33.9 Å². The summed E-state index contributed by atoms with van der Waals surface area (Å²) in [6.45, 7) is 2.13. The maximum absolute atomic E-state index is 13.5. The smallest absolute Gasteiger partial charge is 0.311 e. The Bertz CT molecular complexity index is 1370. The zero-order chi connectivity index (χ0) is 25.3. The number of amides is 1. The highest BCUT2D eigenvalue weighted by molar-refractivity contribution is 6.51. The van der Waals surface area contributed by atoms with Crippen molar-refractivity contribution in [2.45, 2.75) is 13.0 Å². The first-order chi connectivity index (χ1) is 16.7. The van der Waals surface area contributed by atoms with E-state index in [1.807, 2.05) is 0 Å². The van der Waals surface area contributed by atoms with Crippen molar-refractivity contribution in [2.75, 3.05) is 11.5 Å². The number of hydrogen-bond acceptors (Lipinski definition) is 7. The Kier molecular flexibility index (Phi) is 6.20. The predicted molar refractivity (Wildman–Crippen MR) is 124 cm³/mol. The number of anilines is 1. The molecule has 4 rings (SSSR count). The minimum Gasteiger partial charge on any atom is -0.507 e. The third kappa shape index (κ3) is 4.29. The van der Waals surface area contributed by atoms with Gasteiger partial charge in [-0.2, -0.15) is 0 Å². The van der Waals surface area contributed by atoms with Crippen molar-refractivity contribution >= 4 is 28.8 Å².